The molecule has 0 saturated heterocycles. The monoisotopic (exact) mass is 593 g/mol. The van der Waals surface area contributed by atoms with Crippen LogP contribution in [0.1, 0.15) is 12.5 Å². The number of hydrogen-bond donors (Lipinski definition) is 3. The van der Waals surface area contributed by atoms with Crippen LogP contribution >= 0.6 is 22.9 Å². The number of nitrogens with one attached hydrogen (secondary N) is 3. The molecule has 0 aliphatic heterocycles. The van der Waals surface area contributed by atoms with Crippen LogP contribution in [0.25, 0.3) is 27.6 Å². The van der Waals surface area contributed by atoms with Crippen LogP contribution in [0.15, 0.2) is 96.6 Å². The summed E-state index contributed by atoms with van der Waals surface area (Å²) in [6, 6.07) is 24.0. The first-order chi connectivity index (χ1) is 20.4. The number of rotatable bonds is 8. The van der Waals surface area contributed by atoms with Gasteiger partial charge >= 0.3 is 0 Å². The molecule has 3 heterocycles. The largest absolute Gasteiger partial charge is 0.326 e. The summed E-state index contributed by atoms with van der Waals surface area (Å²) in [6.07, 6.45) is 3.80. The normalized spacial score (nSPS) is 10.9. The van der Waals surface area contributed by atoms with Crippen LogP contribution in [0.2, 0.25) is 5.02 Å². The Bertz CT molecular complexity index is 1930. The molecule has 0 radical (unpaired) electrons. The zero-order valence-corrected chi connectivity index (χ0v) is 23.9. The Kier molecular flexibility index (Phi) is 7.63. The Morgan fingerprint density at radius 2 is 1.69 bits per heavy atom. The lowest BCUT2D eigenvalue weighted by Crippen LogP contribution is -2.14. The van der Waals surface area contributed by atoms with Crippen molar-refractivity contribution in [3.05, 3.63) is 107 Å². The second-order valence-corrected chi connectivity index (χ2v) is 10.7. The molecule has 3 N–H and O–H groups in total. The van der Waals surface area contributed by atoms with Gasteiger partial charge in [0, 0.05) is 52.3 Å². The summed E-state index contributed by atoms with van der Waals surface area (Å²) in [4.78, 5) is 39.2. The van der Waals surface area contributed by atoms with E-state index in [1.807, 2.05) is 88.8 Å². The maximum absolute atomic E-state index is 12.8. The maximum atomic E-state index is 12.8. The fourth-order valence-corrected chi connectivity index (χ4v) is 5.47. The Hall–Kier alpha value is -5.06. The van der Waals surface area contributed by atoms with Crippen LogP contribution in [0.4, 0.5) is 23.0 Å². The third kappa shape index (κ3) is 5.99. The highest BCUT2D eigenvalue weighted by Crippen LogP contribution is 2.35. The summed E-state index contributed by atoms with van der Waals surface area (Å²) in [7, 11) is 0. The minimum absolute atomic E-state index is 0.150. The first kappa shape index (κ1) is 27.1. The second-order valence-electron chi connectivity index (χ2n) is 9.41. The number of benzene rings is 3. The highest BCUT2D eigenvalue weighted by Gasteiger charge is 2.19. The number of amides is 2. The van der Waals surface area contributed by atoms with Gasteiger partial charge in [0.15, 0.2) is 4.96 Å². The molecule has 0 bridgehead atoms. The van der Waals surface area contributed by atoms with E-state index in [2.05, 4.69) is 20.9 Å². The summed E-state index contributed by atoms with van der Waals surface area (Å²) in [5.74, 6) is 0.0762. The van der Waals surface area contributed by atoms with Gasteiger partial charge in [-0.2, -0.15) is 0 Å². The maximum Gasteiger partial charge on any atom is 0.228 e. The molecular formula is C31H24ClN7O2S. The minimum Gasteiger partial charge on any atom is -0.326 e. The van der Waals surface area contributed by atoms with Gasteiger partial charge in [-0.1, -0.05) is 48.0 Å². The van der Waals surface area contributed by atoms with E-state index in [9.17, 15) is 9.59 Å². The average molecular weight is 594 g/mol. The molecule has 6 rings (SSSR count). The summed E-state index contributed by atoms with van der Waals surface area (Å²) < 4.78 is 1.99. The fourth-order valence-electron chi connectivity index (χ4n) is 4.55. The molecule has 0 unspecified atom stereocenters. The predicted molar refractivity (Wildman–Crippen MR) is 167 cm³/mol. The molecule has 2 amide bonds. The van der Waals surface area contributed by atoms with Crippen LogP contribution in [-0.2, 0) is 16.0 Å². The number of anilines is 4. The minimum atomic E-state index is -0.166. The third-order valence-corrected chi connectivity index (χ3v) is 7.45. The van der Waals surface area contributed by atoms with E-state index in [0.29, 0.717) is 28.0 Å². The highest BCUT2D eigenvalue weighted by atomic mass is 35.5. The molecule has 6 aromatic rings. The molecule has 0 spiro atoms. The summed E-state index contributed by atoms with van der Waals surface area (Å²) in [5, 5.41) is 11.5. The van der Waals surface area contributed by atoms with Gasteiger partial charge in [-0.05, 0) is 48.0 Å². The number of carbonyl (C=O) groups excluding carboxylic acids is 2. The Morgan fingerprint density at radius 3 is 2.52 bits per heavy atom. The number of imidazole rings is 1. The molecule has 9 nitrogen and oxygen atoms in total. The zero-order chi connectivity index (χ0) is 29.1. The van der Waals surface area contributed by atoms with Crippen molar-refractivity contribution in [3.8, 4) is 22.6 Å². The molecular weight excluding hydrogens is 570 g/mol. The number of aromatic nitrogens is 4. The van der Waals surface area contributed by atoms with Crippen LogP contribution in [0.5, 0.6) is 0 Å². The van der Waals surface area contributed by atoms with Crippen LogP contribution < -0.4 is 16.0 Å². The fraction of sp³-hybridized carbons (Fsp3) is 0.0645. The van der Waals surface area contributed by atoms with Gasteiger partial charge in [0.25, 0.3) is 0 Å². The first-order valence-electron chi connectivity index (χ1n) is 13.0. The van der Waals surface area contributed by atoms with E-state index < -0.39 is 0 Å². The van der Waals surface area contributed by atoms with E-state index in [4.69, 9.17) is 21.6 Å². The highest BCUT2D eigenvalue weighted by molar-refractivity contribution is 7.15. The second kappa shape index (κ2) is 11.8. The number of thiazole rings is 1. The van der Waals surface area contributed by atoms with Crippen molar-refractivity contribution in [1.29, 1.82) is 0 Å². The SMILES string of the molecule is CC(=O)Nc1cccc(Nc2nccc(-c3c(-c4cccc(NC(=O)Cc5ccccc5Cl)c4)nc4sccn34)n2)c1. The van der Waals surface area contributed by atoms with E-state index in [-0.39, 0.29) is 18.2 Å². The molecule has 208 valence electrons. The summed E-state index contributed by atoms with van der Waals surface area (Å²) in [6.45, 7) is 1.46. The van der Waals surface area contributed by atoms with Crippen molar-refractivity contribution in [2.75, 3.05) is 16.0 Å². The zero-order valence-electron chi connectivity index (χ0n) is 22.3. The Balaban J connectivity index is 1.30. The lowest BCUT2D eigenvalue weighted by atomic mass is 10.1. The van der Waals surface area contributed by atoms with E-state index in [1.165, 1.54) is 18.3 Å². The van der Waals surface area contributed by atoms with Crippen LogP contribution in [0, 0.1) is 0 Å². The molecule has 11 heteroatoms. The van der Waals surface area contributed by atoms with Gasteiger partial charge in [0.2, 0.25) is 17.8 Å². The van der Waals surface area contributed by atoms with Crippen molar-refractivity contribution in [2.24, 2.45) is 0 Å². The quantitative estimate of drug-likeness (QED) is 0.174. The van der Waals surface area contributed by atoms with Crippen molar-refractivity contribution in [2.45, 2.75) is 13.3 Å². The molecule has 0 atom stereocenters. The Labute approximate surface area is 250 Å². The Morgan fingerprint density at radius 1 is 0.905 bits per heavy atom. The number of halogens is 1. The lowest BCUT2D eigenvalue weighted by Gasteiger charge is -2.10. The van der Waals surface area contributed by atoms with E-state index in [1.54, 1.807) is 12.3 Å². The predicted octanol–water partition coefficient (Wildman–Crippen LogP) is 7.06. The van der Waals surface area contributed by atoms with Gasteiger partial charge in [-0.15, -0.1) is 11.3 Å². The number of nitrogens with zero attached hydrogens (tertiary/aromatic N) is 4. The van der Waals surface area contributed by atoms with Crippen molar-refractivity contribution in [3.63, 3.8) is 0 Å². The van der Waals surface area contributed by atoms with Crippen molar-refractivity contribution >= 4 is 62.7 Å². The molecule has 0 aliphatic carbocycles. The first-order valence-corrected chi connectivity index (χ1v) is 14.3. The van der Waals surface area contributed by atoms with Gasteiger partial charge in [-0.25, -0.2) is 15.0 Å². The molecule has 3 aromatic carbocycles. The van der Waals surface area contributed by atoms with Crippen LogP contribution in [-0.4, -0.2) is 31.2 Å². The molecule has 0 fully saturated rings. The smallest absolute Gasteiger partial charge is 0.228 e. The molecule has 0 saturated carbocycles. The number of hydrogen-bond acceptors (Lipinski definition) is 7. The molecule has 42 heavy (non-hydrogen) atoms. The average Bonchev–Trinajstić information content (AvgIpc) is 3.56. The summed E-state index contributed by atoms with van der Waals surface area (Å²) >= 11 is 7.76. The molecule has 3 aromatic heterocycles. The van der Waals surface area contributed by atoms with E-state index in [0.717, 1.165) is 33.2 Å². The number of carbonyl (C=O) groups is 2. The lowest BCUT2D eigenvalue weighted by molar-refractivity contribution is -0.116. The van der Waals surface area contributed by atoms with Gasteiger partial charge in [-0.3, -0.25) is 14.0 Å². The van der Waals surface area contributed by atoms with Crippen molar-refractivity contribution in [1.82, 2.24) is 19.4 Å². The topological polar surface area (TPSA) is 113 Å². The van der Waals surface area contributed by atoms with Crippen molar-refractivity contribution < 1.29 is 9.59 Å². The van der Waals surface area contributed by atoms with E-state index >= 15 is 0 Å². The standard InChI is InChI=1S/C31H24ClN7O2S/c1-19(40)34-23-9-5-10-24(18-23)36-30-33-13-12-26(37-30)29-28(38-31-39(29)14-15-42-31)21-7-4-8-22(16-21)35-27(41)17-20-6-2-3-11-25(20)32/h2-16,18H,17H2,1H3,(H,34,40)(H,35,41)(H,33,36,37). The van der Waals surface area contributed by atoms with Gasteiger partial charge in [0.05, 0.1) is 17.8 Å². The van der Waals surface area contributed by atoms with Crippen LogP contribution in [0.3, 0.4) is 0 Å². The van der Waals surface area contributed by atoms with Gasteiger partial charge in [0.1, 0.15) is 5.69 Å². The third-order valence-electron chi connectivity index (χ3n) is 6.33. The summed E-state index contributed by atoms with van der Waals surface area (Å²) in [5.41, 5.74) is 5.82. The molecule has 0 aliphatic rings. The van der Waals surface area contributed by atoms with Gasteiger partial charge < -0.3 is 16.0 Å². The number of fused-ring (bicyclic) bond motifs is 1.